The fraction of sp³-hybridized carbons (Fsp3) is 0.417. The van der Waals surface area contributed by atoms with Gasteiger partial charge in [0.1, 0.15) is 6.33 Å². The first-order chi connectivity index (χ1) is 8.29. The SMILES string of the molecule is CCc1nn(C)cc1CNCc1ccncn1. The first-order valence-corrected chi connectivity index (χ1v) is 5.76. The van der Waals surface area contributed by atoms with E-state index >= 15 is 0 Å². The normalized spacial score (nSPS) is 10.7. The molecule has 0 saturated heterocycles. The molecule has 0 unspecified atom stereocenters. The van der Waals surface area contributed by atoms with Crippen LogP contribution in [0.5, 0.6) is 0 Å². The smallest absolute Gasteiger partial charge is 0.115 e. The summed E-state index contributed by atoms with van der Waals surface area (Å²) in [5.41, 5.74) is 3.41. The molecule has 5 heteroatoms. The lowest BCUT2D eigenvalue weighted by Crippen LogP contribution is -2.14. The number of hydrogen-bond acceptors (Lipinski definition) is 4. The van der Waals surface area contributed by atoms with E-state index in [1.165, 1.54) is 5.56 Å². The van der Waals surface area contributed by atoms with Crippen LogP contribution in [0.4, 0.5) is 0 Å². The molecule has 2 aromatic heterocycles. The van der Waals surface area contributed by atoms with Crippen LogP contribution in [0.1, 0.15) is 23.9 Å². The maximum Gasteiger partial charge on any atom is 0.115 e. The van der Waals surface area contributed by atoms with Crippen LogP contribution in [-0.2, 0) is 26.6 Å². The summed E-state index contributed by atoms with van der Waals surface area (Å²) >= 11 is 0. The zero-order valence-electron chi connectivity index (χ0n) is 10.2. The third-order valence-electron chi connectivity index (χ3n) is 2.59. The molecule has 2 heterocycles. The molecule has 0 aromatic carbocycles. The zero-order valence-corrected chi connectivity index (χ0v) is 10.2. The minimum absolute atomic E-state index is 0.751. The third kappa shape index (κ3) is 3.10. The van der Waals surface area contributed by atoms with E-state index in [-0.39, 0.29) is 0 Å². The molecule has 0 saturated carbocycles. The quantitative estimate of drug-likeness (QED) is 0.836. The van der Waals surface area contributed by atoms with Crippen LogP contribution in [0.3, 0.4) is 0 Å². The van der Waals surface area contributed by atoms with Gasteiger partial charge in [-0.25, -0.2) is 9.97 Å². The molecular weight excluding hydrogens is 214 g/mol. The molecule has 17 heavy (non-hydrogen) atoms. The Balaban J connectivity index is 1.90. The van der Waals surface area contributed by atoms with Gasteiger partial charge < -0.3 is 5.32 Å². The highest BCUT2D eigenvalue weighted by Crippen LogP contribution is 2.06. The summed E-state index contributed by atoms with van der Waals surface area (Å²) in [4.78, 5) is 8.05. The van der Waals surface area contributed by atoms with Crippen molar-refractivity contribution in [2.24, 2.45) is 7.05 Å². The molecule has 0 aliphatic carbocycles. The lowest BCUT2D eigenvalue weighted by atomic mass is 10.2. The van der Waals surface area contributed by atoms with Gasteiger partial charge in [0.25, 0.3) is 0 Å². The van der Waals surface area contributed by atoms with Crippen LogP contribution in [0.15, 0.2) is 24.8 Å². The van der Waals surface area contributed by atoms with E-state index in [1.54, 1.807) is 12.5 Å². The molecular formula is C12H17N5. The summed E-state index contributed by atoms with van der Waals surface area (Å²) in [6, 6.07) is 1.91. The second kappa shape index (κ2) is 5.54. The van der Waals surface area contributed by atoms with Gasteiger partial charge in [0.2, 0.25) is 0 Å². The minimum Gasteiger partial charge on any atom is -0.307 e. The van der Waals surface area contributed by atoms with Crippen molar-refractivity contribution in [3.8, 4) is 0 Å². The van der Waals surface area contributed by atoms with E-state index in [4.69, 9.17) is 0 Å². The number of nitrogens with one attached hydrogen (secondary N) is 1. The van der Waals surface area contributed by atoms with Crippen molar-refractivity contribution in [1.29, 1.82) is 0 Å². The lowest BCUT2D eigenvalue weighted by Gasteiger charge is -2.03. The van der Waals surface area contributed by atoms with Gasteiger partial charge in [0, 0.05) is 38.1 Å². The van der Waals surface area contributed by atoms with Crippen molar-refractivity contribution in [3.05, 3.63) is 41.7 Å². The van der Waals surface area contributed by atoms with Gasteiger partial charge in [0.05, 0.1) is 11.4 Å². The Kier molecular flexibility index (Phi) is 3.82. The Morgan fingerprint density at radius 3 is 2.94 bits per heavy atom. The highest BCUT2D eigenvalue weighted by molar-refractivity contribution is 5.16. The molecule has 2 aromatic rings. The summed E-state index contributed by atoms with van der Waals surface area (Å²) in [6.07, 6.45) is 6.35. The molecule has 2 rings (SSSR count). The molecule has 0 amide bonds. The van der Waals surface area contributed by atoms with Crippen LogP contribution < -0.4 is 5.32 Å². The molecule has 0 aliphatic rings. The molecule has 0 fully saturated rings. The van der Waals surface area contributed by atoms with Crippen LogP contribution in [0.2, 0.25) is 0 Å². The Morgan fingerprint density at radius 2 is 2.24 bits per heavy atom. The highest BCUT2D eigenvalue weighted by Gasteiger charge is 2.04. The van der Waals surface area contributed by atoms with Gasteiger partial charge in [-0.3, -0.25) is 4.68 Å². The Hall–Kier alpha value is -1.75. The standard InChI is InChI=1S/C12H17N5/c1-3-12-10(8-17(2)16-12)6-14-7-11-4-5-13-9-15-11/h4-5,8-9,14H,3,6-7H2,1-2H3. The topological polar surface area (TPSA) is 55.6 Å². The van der Waals surface area contributed by atoms with Crippen molar-refractivity contribution in [2.75, 3.05) is 0 Å². The van der Waals surface area contributed by atoms with E-state index in [2.05, 4.69) is 33.5 Å². The first kappa shape index (κ1) is 11.7. The molecule has 0 radical (unpaired) electrons. The predicted octanol–water partition coefficient (Wildman–Crippen LogP) is 1.06. The maximum atomic E-state index is 4.41. The zero-order chi connectivity index (χ0) is 12.1. The number of nitrogens with zero attached hydrogens (tertiary/aromatic N) is 4. The predicted molar refractivity (Wildman–Crippen MR) is 65.2 cm³/mol. The van der Waals surface area contributed by atoms with Gasteiger partial charge in [-0.05, 0) is 12.5 Å². The maximum absolute atomic E-state index is 4.41. The average Bonchev–Trinajstić information content (AvgIpc) is 2.71. The molecule has 5 nitrogen and oxygen atoms in total. The van der Waals surface area contributed by atoms with Crippen LogP contribution in [-0.4, -0.2) is 19.7 Å². The molecule has 0 aliphatic heterocycles. The minimum atomic E-state index is 0.751. The van der Waals surface area contributed by atoms with Gasteiger partial charge in [0.15, 0.2) is 0 Å². The van der Waals surface area contributed by atoms with Crippen LogP contribution >= 0.6 is 0 Å². The van der Waals surface area contributed by atoms with E-state index in [0.29, 0.717) is 0 Å². The van der Waals surface area contributed by atoms with Gasteiger partial charge in [-0.15, -0.1) is 0 Å². The lowest BCUT2D eigenvalue weighted by molar-refractivity contribution is 0.673. The fourth-order valence-corrected chi connectivity index (χ4v) is 1.78. The fourth-order valence-electron chi connectivity index (χ4n) is 1.78. The summed E-state index contributed by atoms with van der Waals surface area (Å²) in [5.74, 6) is 0. The van der Waals surface area contributed by atoms with Crippen molar-refractivity contribution in [3.63, 3.8) is 0 Å². The van der Waals surface area contributed by atoms with Crippen LogP contribution in [0.25, 0.3) is 0 Å². The van der Waals surface area contributed by atoms with Gasteiger partial charge in [-0.1, -0.05) is 6.92 Å². The monoisotopic (exact) mass is 231 g/mol. The van der Waals surface area contributed by atoms with Gasteiger partial charge in [-0.2, -0.15) is 5.10 Å². The van der Waals surface area contributed by atoms with E-state index in [1.807, 2.05) is 17.8 Å². The van der Waals surface area contributed by atoms with E-state index < -0.39 is 0 Å². The average molecular weight is 231 g/mol. The number of rotatable bonds is 5. The summed E-state index contributed by atoms with van der Waals surface area (Å²) in [6.45, 7) is 3.69. The van der Waals surface area contributed by atoms with Crippen molar-refractivity contribution in [1.82, 2.24) is 25.1 Å². The molecule has 1 N–H and O–H groups in total. The summed E-state index contributed by atoms with van der Waals surface area (Å²) < 4.78 is 1.86. The Morgan fingerprint density at radius 1 is 1.35 bits per heavy atom. The van der Waals surface area contributed by atoms with Crippen molar-refractivity contribution < 1.29 is 0 Å². The number of aryl methyl sites for hydroxylation is 2. The first-order valence-electron chi connectivity index (χ1n) is 5.76. The second-order valence-electron chi connectivity index (χ2n) is 3.93. The second-order valence-corrected chi connectivity index (χ2v) is 3.93. The van der Waals surface area contributed by atoms with E-state index in [9.17, 15) is 0 Å². The summed E-state index contributed by atoms with van der Waals surface area (Å²) in [7, 11) is 1.95. The van der Waals surface area contributed by atoms with E-state index in [0.717, 1.165) is 30.9 Å². The highest BCUT2D eigenvalue weighted by atomic mass is 15.3. The largest absolute Gasteiger partial charge is 0.307 e. The molecule has 90 valence electrons. The molecule has 0 atom stereocenters. The summed E-state index contributed by atoms with van der Waals surface area (Å²) in [5, 5.41) is 7.77. The molecule has 0 bridgehead atoms. The third-order valence-corrected chi connectivity index (χ3v) is 2.59. The molecule has 0 spiro atoms. The van der Waals surface area contributed by atoms with Crippen molar-refractivity contribution in [2.45, 2.75) is 26.4 Å². The Bertz CT molecular complexity index is 463. The number of aromatic nitrogens is 4. The number of hydrogen-bond donors (Lipinski definition) is 1. The van der Waals surface area contributed by atoms with Gasteiger partial charge >= 0.3 is 0 Å². The van der Waals surface area contributed by atoms with Crippen LogP contribution in [0, 0.1) is 0 Å². The Labute approximate surface area is 101 Å². The van der Waals surface area contributed by atoms with Crippen molar-refractivity contribution >= 4 is 0 Å².